The molecule has 386 valence electrons. The molecule has 4 saturated heterocycles. The largest absolute Gasteiger partial charge is 3.00 e. The molecule has 0 saturated carbocycles. The summed E-state index contributed by atoms with van der Waals surface area (Å²) in [6.07, 6.45) is 0. The van der Waals surface area contributed by atoms with Gasteiger partial charge in [0.1, 0.15) is 23.0 Å². The molecule has 5 N–H and O–H groups in total. The van der Waals surface area contributed by atoms with Gasteiger partial charge in [0.25, 0.3) is 0 Å². The van der Waals surface area contributed by atoms with Crippen LogP contribution in [0.25, 0.3) is 0 Å². The van der Waals surface area contributed by atoms with Gasteiger partial charge in [-0.1, -0.05) is 167 Å². The SMILES string of the molecule is CO.C[O-].C[O-].[Mn+3].[Mn+3].[O-]/C(=N\N=C1SCCS1)c1ccccc1O.[O-]/C(=N\N=C1SCCS1)c1ccccc1O.[O-]/C(=N\N=C1SCCS1)c1ccccc1O.[O-]/C(=N\N=C1SCCS1)c1ccccc1O. The van der Waals surface area contributed by atoms with E-state index in [1.165, 1.54) is 48.5 Å². The predicted molar refractivity (Wildman–Crippen MR) is 288 cm³/mol. The van der Waals surface area contributed by atoms with Gasteiger partial charge in [-0.15, -0.1) is 20.4 Å². The molecule has 29 heteroatoms. The van der Waals surface area contributed by atoms with Gasteiger partial charge in [-0.2, -0.15) is 34.6 Å². The maximum atomic E-state index is 11.6. The maximum absolute atomic E-state index is 11.6. The minimum absolute atomic E-state index is 0. The summed E-state index contributed by atoms with van der Waals surface area (Å²) in [5.41, 5.74) is 0.722. The quantitative estimate of drug-likeness (QED) is 0.0732. The van der Waals surface area contributed by atoms with Crippen molar-refractivity contribution in [3.8, 4) is 23.0 Å². The van der Waals surface area contributed by atoms with E-state index in [4.69, 9.17) is 15.3 Å². The summed E-state index contributed by atoms with van der Waals surface area (Å²) in [5, 5.41) is 137. The third-order valence-corrected chi connectivity index (χ3v) is 17.3. The zero-order valence-electron chi connectivity index (χ0n) is 38.2. The fourth-order valence-electron chi connectivity index (χ4n) is 4.61. The summed E-state index contributed by atoms with van der Waals surface area (Å²) in [6.45, 7) is 0. The molecule has 0 unspecified atom stereocenters. The minimum Gasteiger partial charge on any atom is -0.857 e. The van der Waals surface area contributed by atoms with Crippen molar-refractivity contribution in [2.75, 3.05) is 67.4 Å². The van der Waals surface area contributed by atoms with Crippen LogP contribution in [0, 0.1) is 0 Å². The molecule has 4 aromatic rings. The zero-order valence-corrected chi connectivity index (χ0v) is 47.1. The first-order valence-corrected chi connectivity index (χ1v) is 27.7. The van der Waals surface area contributed by atoms with E-state index in [0.717, 1.165) is 84.9 Å². The molecule has 0 aliphatic carbocycles. The molecule has 0 amide bonds. The summed E-state index contributed by atoms with van der Waals surface area (Å²) < 4.78 is 3.24. The van der Waals surface area contributed by atoms with Gasteiger partial charge in [-0.3, -0.25) is 0 Å². The molecule has 4 fully saturated rings. The number of para-hydroxylation sites is 4. The van der Waals surface area contributed by atoms with Crippen molar-refractivity contribution >= 4 is 135 Å². The third kappa shape index (κ3) is 26.0. The van der Waals surface area contributed by atoms with Crippen LogP contribution in [0.15, 0.2) is 138 Å². The number of benzene rings is 4. The number of aliphatic hydroxyl groups excluding tert-OH is 1. The molecule has 0 atom stereocenters. The average molecular weight is 1220 g/mol. The van der Waals surface area contributed by atoms with Crippen LogP contribution >= 0.6 is 94.1 Å². The number of nitrogens with zero attached hydrogens (tertiary/aromatic N) is 8. The molecule has 0 bridgehead atoms. The standard InChI is InChI=1S/4C10H10N2O2S2.CH4O.2CH3O.2Mn/c4*13-8-4-2-1-3-7(8)9(14)11-12-10-15-5-6-16-10;3*1-2;;/h4*1-4,13H,5-6H2,(H,11,14);2H,1H3;2*1H3;;/q;;;;;2*-1;2*+3/p-4. The Morgan fingerprint density at radius 2 is 0.486 bits per heavy atom. The number of rotatable bonds is 8. The monoisotopic (exact) mass is 1220 g/mol. The van der Waals surface area contributed by atoms with Gasteiger partial charge < -0.3 is 56.2 Å². The van der Waals surface area contributed by atoms with Gasteiger partial charge in [0.15, 0.2) is 17.5 Å². The number of phenolic OH excluding ortho intramolecular Hbond substituents is 4. The maximum Gasteiger partial charge on any atom is 3.00 e. The van der Waals surface area contributed by atoms with Gasteiger partial charge in [0, 0.05) is 99.0 Å². The Labute approximate surface area is 472 Å². The first kappa shape index (κ1) is 68.4. The second-order valence-corrected chi connectivity index (χ2v) is 21.6. The summed E-state index contributed by atoms with van der Waals surface area (Å²) >= 11 is 12.7. The topological polar surface area (TPSA) is 338 Å². The van der Waals surface area contributed by atoms with Gasteiger partial charge in [0.2, 0.25) is 0 Å². The van der Waals surface area contributed by atoms with E-state index in [1.54, 1.807) is 143 Å². The fraction of sp³-hybridized carbons (Fsp3) is 0.256. The Balaban J connectivity index is 0.000000893. The van der Waals surface area contributed by atoms with E-state index in [1.807, 2.05) is 0 Å². The van der Waals surface area contributed by atoms with Crippen LogP contribution < -0.4 is 30.6 Å². The Morgan fingerprint density at radius 3 is 0.639 bits per heavy atom. The van der Waals surface area contributed by atoms with E-state index in [0.29, 0.717) is 0 Å². The van der Waals surface area contributed by atoms with Crippen LogP contribution in [-0.4, -0.2) is 134 Å². The molecule has 19 nitrogen and oxygen atoms in total. The van der Waals surface area contributed by atoms with Crippen molar-refractivity contribution in [1.29, 1.82) is 0 Å². The van der Waals surface area contributed by atoms with Gasteiger partial charge >= 0.3 is 34.1 Å². The summed E-state index contributed by atoms with van der Waals surface area (Å²) in [6, 6.07) is 25.2. The number of aromatic hydroxyl groups is 4. The number of aliphatic hydroxyl groups is 1. The van der Waals surface area contributed by atoms with Crippen molar-refractivity contribution in [3.63, 3.8) is 0 Å². The van der Waals surface area contributed by atoms with Gasteiger partial charge in [-0.05, 0) is 24.3 Å². The Hall–Kier alpha value is -3.64. The van der Waals surface area contributed by atoms with E-state index in [9.17, 15) is 40.9 Å². The second kappa shape index (κ2) is 41.7. The molecular weight excluding hydrogens is 1170 g/mol. The third-order valence-electron chi connectivity index (χ3n) is 7.57. The molecule has 4 heterocycles. The van der Waals surface area contributed by atoms with Crippen molar-refractivity contribution in [3.05, 3.63) is 119 Å². The van der Waals surface area contributed by atoms with Crippen LogP contribution in [0.3, 0.4) is 0 Å². The van der Waals surface area contributed by atoms with E-state index >= 15 is 0 Å². The van der Waals surface area contributed by atoms with E-state index in [2.05, 4.69) is 40.8 Å². The Morgan fingerprint density at radius 1 is 0.333 bits per heavy atom. The van der Waals surface area contributed by atoms with Crippen LogP contribution in [-0.2, 0) is 34.1 Å². The number of thioether (sulfide) groups is 8. The Bertz CT molecular complexity index is 2110. The molecule has 8 rings (SSSR count). The van der Waals surface area contributed by atoms with Crippen LogP contribution in [0.4, 0.5) is 0 Å². The number of phenols is 4. The molecule has 0 aromatic heterocycles. The van der Waals surface area contributed by atoms with E-state index in [-0.39, 0.29) is 79.4 Å². The normalized spacial score (nSPS) is 14.9. The van der Waals surface area contributed by atoms with Gasteiger partial charge in [-0.25, -0.2) is 0 Å². The first-order chi connectivity index (χ1) is 34.1. The van der Waals surface area contributed by atoms with Crippen LogP contribution in [0.1, 0.15) is 22.3 Å². The molecule has 4 aliphatic heterocycles. The first-order valence-electron chi connectivity index (χ1n) is 19.8. The molecule has 72 heavy (non-hydrogen) atoms. The number of hydrogen-bond donors (Lipinski definition) is 5. The number of hydrogen-bond acceptors (Lipinski definition) is 27. The predicted octanol–water partition coefficient (Wildman–Crippen LogP) is 2.56. The van der Waals surface area contributed by atoms with Crippen molar-refractivity contribution < 1.29 is 90.3 Å². The minimum atomic E-state index is -0.515. The van der Waals surface area contributed by atoms with Crippen molar-refractivity contribution in [2.45, 2.75) is 0 Å². The molecule has 0 radical (unpaired) electrons. The van der Waals surface area contributed by atoms with Crippen LogP contribution in [0.5, 0.6) is 23.0 Å². The van der Waals surface area contributed by atoms with Crippen LogP contribution in [0.2, 0.25) is 0 Å². The fourth-order valence-corrected chi connectivity index (χ4v) is 12.8. The summed E-state index contributed by atoms with van der Waals surface area (Å²) in [5.74, 6) is 5.70. The van der Waals surface area contributed by atoms with Gasteiger partial charge in [0.05, 0.1) is 0 Å². The molecule has 0 spiro atoms. The molecule has 4 aromatic carbocycles. The summed E-state index contributed by atoms with van der Waals surface area (Å²) in [7, 11) is 2.50. The second-order valence-electron chi connectivity index (χ2n) is 11.9. The summed E-state index contributed by atoms with van der Waals surface area (Å²) in [4.78, 5) is 0. The van der Waals surface area contributed by atoms with Crippen molar-refractivity contribution in [1.82, 2.24) is 0 Å². The smallest absolute Gasteiger partial charge is 0.857 e. The van der Waals surface area contributed by atoms with Crippen molar-refractivity contribution in [2.24, 2.45) is 40.8 Å². The molecule has 4 aliphatic rings. The van der Waals surface area contributed by atoms with E-state index < -0.39 is 23.6 Å². The Kier molecular flexibility index (Phi) is 39.6. The zero-order chi connectivity index (χ0) is 51.5. The molecular formula is C43H46Mn2N8O11S8. The average Bonchev–Trinajstić information content (AvgIpc) is 4.27.